The highest BCUT2D eigenvalue weighted by Crippen LogP contribution is 2.22. The van der Waals surface area contributed by atoms with Crippen molar-refractivity contribution in [2.24, 2.45) is 7.05 Å². The van der Waals surface area contributed by atoms with Gasteiger partial charge in [-0.2, -0.15) is 0 Å². The standard InChI is InChI=1S/C16H17N3OS/c1-19-11-5-7-13(19)16(20)17-10-4-9-15-18-12-6-2-3-8-14(12)21-15/h2-3,5-8,11H,4,9-10H2,1H3,(H,17,20). The monoisotopic (exact) mass is 299 g/mol. The van der Waals surface area contributed by atoms with Crippen LogP contribution >= 0.6 is 11.3 Å². The first kappa shape index (κ1) is 13.8. The van der Waals surface area contributed by atoms with Crippen LogP contribution in [-0.2, 0) is 13.5 Å². The lowest BCUT2D eigenvalue weighted by Crippen LogP contribution is -2.26. The highest BCUT2D eigenvalue weighted by molar-refractivity contribution is 7.18. The summed E-state index contributed by atoms with van der Waals surface area (Å²) in [7, 11) is 1.87. The number of nitrogens with one attached hydrogen (secondary N) is 1. The first-order valence-corrected chi connectivity index (χ1v) is 7.79. The van der Waals surface area contributed by atoms with Crippen LogP contribution in [0.4, 0.5) is 0 Å². The van der Waals surface area contributed by atoms with Gasteiger partial charge in [0.25, 0.3) is 5.91 Å². The molecule has 0 fully saturated rings. The van der Waals surface area contributed by atoms with Gasteiger partial charge in [-0.15, -0.1) is 11.3 Å². The van der Waals surface area contributed by atoms with Crippen LogP contribution in [0.1, 0.15) is 21.9 Å². The van der Waals surface area contributed by atoms with E-state index in [1.54, 1.807) is 11.3 Å². The third kappa shape index (κ3) is 3.13. The van der Waals surface area contributed by atoms with Crippen LogP contribution in [0, 0.1) is 0 Å². The summed E-state index contributed by atoms with van der Waals surface area (Å²) in [5, 5.41) is 4.08. The zero-order valence-electron chi connectivity index (χ0n) is 11.9. The Morgan fingerprint density at radius 3 is 2.90 bits per heavy atom. The maximum atomic E-state index is 11.9. The van der Waals surface area contributed by atoms with Crippen LogP contribution < -0.4 is 5.32 Å². The van der Waals surface area contributed by atoms with Crippen molar-refractivity contribution in [3.63, 3.8) is 0 Å². The summed E-state index contributed by atoms with van der Waals surface area (Å²) in [4.78, 5) is 16.5. The fraction of sp³-hybridized carbons (Fsp3) is 0.250. The number of aromatic nitrogens is 2. The Kier molecular flexibility index (Phi) is 4.01. The molecule has 2 heterocycles. The number of hydrogen-bond acceptors (Lipinski definition) is 3. The van der Waals surface area contributed by atoms with Crippen molar-refractivity contribution in [3.05, 3.63) is 53.3 Å². The Morgan fingerprint density at radius 1 is 1.29 bits per heavy atom. The molecule has 0 aliphatic heterocycles. The maximum absolute atomic E-state index is 11.9. The number of benzene rings is 1. The van der Waals surface area contributed by atoms with Crippen molar-refractivity contribution in [3.8, 4) is 0 Å². The van der Waals surface area contributed by atoms with Gasteiger partial charge in [-0.1, -0.05) is 12.1 Å². The summed E-state index contributed by atoms with van der Waals surface area (Å²) in [5.74, 6) is -0.0215. The second kappa shape index (κ2) is 6.10. The lowest BCUT2D eigenvalue weighted by Gasteiger charge is -2.05. The molecule has 1 aromatic carbocycles. The van der Waals surface area contributed by atoms with E-state index in [1.165, 1.54) is 4.70 Å². The first-order valence-electron chi connectivity index (χ1n) is 6.98. The van der Waals surface area contributed by atoms with Gasteiger partial charge >= 0.3 is 0 Å². The smallest absolute Gasteiger partial charge is 0.267 e. The van der Waals surface area contributed by atoms with Crippen LogP contribution in [0.3, 0.4) is 0 Å². The highest BCUT2D eigenvalue weighted by atomic mass is 32.1. The second-order valence-electron chi connectivity index (χ2n) is 4.94. The molecule has 0 spiro atoms. The number of aryl methyl sites for hydroxylation is 2. The summed E-state index contributed by atoms with van der Waals surface area (Å²) in [6.45, 7) is 0.667. The minimum Gasteiger partial charge on any atom is -0.351 e. The minimum atomic E-state index is -0.0215. The molecule has 0 aliphatic rings. The molecule has 4 nitrogen and oxygen atoms in total. The summed E-state index contributed by atoms with van der Waals surface area (Å²) in [6.07, 6.45) is 3.67. The van der Waals surface area contributed by atoms with Gasteiger partial charge in [-0.25, -0.2) is 4.98 Å². The Labute approximate surface area is 127 Å². The van der Waals surface area contributed by atoms with Gasteiger partial charge in [0.1, 0.15) is 5.69 Å². The molecular weight excluding hydrogens is 282 g/mol. The molecule has 0 saturated heterocycles. The summed E-state index contributed by atoms with van der Waals surface area (Å²) in [6, 6.07) is 11.9. The third-order valence-corrected chi connectivity index (χ3v) is 4.46. The van der Waals surface area contributed by atoms with Crippen LogP contribution in [0.25, 0.3) is 10.2 Å². The number of carbonyl (C=O) groups is 1. The molecule has 1 amide bonds. The second-order valence-corrected chi connectivity index (χ2v) is 6.05. The van der Waals surface area contributed by atoms with Crippen molar-refractivity contribution < 1.29 is 4.79 Å². The molecule has 0 bridgehead atoms. The molecule has 0 saturated carbocycles. The third-order valence-electron chi connectivity index (χ3n) is 3.37. The largest absolute Gasteiger partial charge is 0.351 e. The molecule has 21 heavy (non-hydrogen) atoms. The van der Waals surface area contributed by atoms with Gasteiger partial charge in [0.05, 0.1) is 15.2 Å². The predicted octanol–water partition coefficient (Wildman–Crippen LogP) is 3.00. The van der Waals surface area contributed by atoms with Crippen LogP contribution in [0.5, 0.6) is 0 Å². The zero-order valence-corrected chi connectivity index (χ0v) is 12.7. The molecule has 5 heteroatoms. The summed E-state index contributed by atoms with van der Waals surface area (Å²) >= 11 is 1.73. The quantitative estimate of drug-likeness (QED) is 0.736. The van der Waals surface area contributed by atoms with Crippen LogP contribution in [-0.4, -0.2) is 22.0 Å². The Balaban J connectivity index is 1.50. The number of hydrogen-bond donors (Lipinski definition) is 1. The average molecular weight is 299 g/mol. The molecule has 2 aromatic heterocycles. The molecule has 0 unspecified atom stereocenters. The molecule has 108 valence electrons. The number of rotatable bonds is 5. The number of carbonyl (C=O) groups excluding carboxylic acids is 1. The normalized spacial score (nSPS) is 10.9. The van der Waals surface area contributed by atoms with E-state index in [4.69, 9.17) is 0 Å². The maximum Gasteiger partial charge on any atom is 0.267 e. The van der Waals surface area contributed by atoms with E-state index in [1.807, 2.05) is 48.1 Å². The van der Waals surface area contributed by atoms with E-state index in [9.17, 15) is 4.79 Å². The van der Waals surface area contributed by atoms with E-state index in [0.29, 0.717) is 12.2 Å². The Bertz CT molecular complexity index is 727. The van der Waals surface area contributed by atoms with Crippen molar-refractivity contribution in [2.45, 2.75) is 12.8 Å². The number of amides is 1. The van der Waals surface area contributed by atoms with Crippen LogP contribution in [0.2, 0.25) is 0 Å². The van der Waals surface area contributed by atoms with Crippen molar-refractivity contribution in [1.82, 2.24) is 14.9 Å². The van der Waals surface area contributed by atoms with Gasteiger partial charge < -0.3 is 9.88 Å². The van der Waals surface area contributed by atoms with Crippen molar-refractivity contribution in [1.29, 1.82) is 0 Å². The van der Waals surface area contributed by atoms with Gasteiger partial charge in [0, 0.05) is 26.2 Å². The van der Waals surface area contributed by atoms with Crippen molar-refractivity contribution in [2.75, 3.05) is 6.54 Å². The van der Waals surface area contributed by atoms with Gasteiger partial charge in [0.15, 0.2) is 0 Å². The summed E-state index contributed by atoms with van der Waals surface area (Å²) < 4.78 is 3.04. The van der Waals surface area contributed by atoms with Gasteiger partial charge in [-0.05, 0) is 30.7 Å². The lowest BCUT2D eigenvalue weighted by molar-refractivity contribution is 0.0945. The van der Waals surface area contributed by atoms with E-state index < -0.39 is 0 Å². The molecule has 0 aliphatic carbocycles. The van der Waals surface area contributed by atoms with Crippen molar-refractivity contribution >= 4 is 27.5 Å². The first-order chi connectivity index (χ1) is 10.2. The van der Waals surface area contributed by atoms with E-state index in [-0.39, 0.29) is 5.91 Å². The minimum absolute atomic E-state index is 0.0215. The SMILES string of the molecule is Cn1cccc1C(=O)NCCCc1nc2ccccc2s1. The van der Waals surface area contributed by atoms with E-state index in [2.05, 4.69) is 16.4 Å². The Morgan fingerprint density at radius 2 is 2.14 bits per heavy atom. The fourth-order valence-electron chi connectivity index (χ4n) is 2.26. The topological polar surface area (TPSA) is 46.9 Å². The average Bonchev–Trinajstić information content (AvgIpc) is 3.08. The van der Waals surface area contributed by atoms with Gasteiger partial charge in [-0.3, -0.25) is 4.79 Å². The lowest BCUT2D eigenvalue weighted by atomic mass is 10.3. The van der Waals surface area contributed by atoms with Crippen LogP contribution in [0.15, 0.2) is 42.6 Å². The zero-order chi connectivity index (χ0) is 14.7. The number of nitrogens with zero attached hydrogens (tertiary/aromatic N) is 2. The molecule has 1 N–H and O–H groups in total. The summed E-state index contributed by atoms with van der Waals surface area (Å²) in [5.41, 5.74) is 1.75. The molecular formula is C16H17N3OS. The number of para-hydroxylation sites is 1. The number of thiazole rings is 1. The van der Waals surface area contributed by atoms with Gasteiger partial charge in [0.2, 0.25) is 0 Å². The Hall–Kier alpha value is -2.14. The predicted molar refractivity (Wildman–Crippen MR) is 85.7 cm³/mol. The molecule has 0 radical (unpaired) electrons. The molecule has 0 atom stereocenters. The highest BCUT2D eigenvalue weighted by Gasteiger charge is 2.08. The van der Waals surface area contributed by atoms with E-state index >= 15 is 0 Å². The fourth-order valence-corrected chi connectivity index (χ4v) is 3.27. The van der Waals surface area contributed by atoms with E-state index in [0.717, 1.165) is 23.4 Å². The molecule has 3 rings (SSSR count). The number of fused-ring (bicyclic) bond motifs is 1. The molecule has 3 aromatic rings.